The van der Waals surface area contributed by atoms with E-state index in [9.17, 15) is 4.79 Å². The normalized spacial score (nSPS) is 19.0. The predicted molar refractivity (Wildman–Crippen MR) is 79.6 cm³/mol. The van der Waals surface area contributed by atoms with Gasteiger partial charge in [-0.2, -0.15) is 0 Å². The molecule has 5 heteroatoms. The fourth-order valence-electron chi connectivity index (χ4n) is 1.83. The number of amides is 1. The first-order valence-electron chi connectivity index (χ1n) is 5.63. The maximum Gasteiger partial charge on any atom is 0.246 e. The zero-order valence-electron chi connectivity index (χ0n) is 9.88. The molecule has 18 heavy (non-hydrogen) atoms. The minimum Gasteiger partial charge on any atom is -0.338 e. The molecule has 0 radical (unpaired) electrons. The zero-order chi connectivity index (χ0) is 12.3. The van der Waals surface area contributed by atoms with E-state index in [1.807, 2.05) is 30.3 Å². The van der Waals surface area contributed by atoms with Crippen molar-refractivity contribution in [3.8, 4) is 0 Å². The Bertz CT molecular complexity index is 433. The van der Waals surface area contributed by atoms with Crippen LogP contribution in [0.25, 0.3) is 6.08 Å². The Hall–Kier alpha value is -0.840. The molecule has 1 aliphatic rings. The van der Waals surface area contributed by atoms with Gasteiger partial charge in [-0.25, -0.2) is 0 Å². The standard InChI is InChI=1S/C13H15BrN2O.ClH/c14-11-4-1-10(2-5-11)3-6-13(17)16-8-7-12(15)9-16;/h1-6,12H,7-9,15H2;1H/b6-3+;. The Kier molecular flexibility index (Phi) is 5.85. The fourth-order valence-corrected chi connectivity index (χ4v) is 2.10. The van der Waals surface area contributed by atoms with Gasteiger partial charge in [0.25, 0.3) is 0 Å². The molecule has 1 aromatic carbocycles. The molecular weight excluding hydrogens is 316 g/mol. The highest BCUT2D eigenvalue weighted by molar-refractivity contribution is 9.10. The number of nitrogens with two attached hydrogens (primary N) is 1. The first-order chi connectivity index (χ1) is 8.15. The van der Waals surface area contributed by atoms with E-state index in [0.29, 0.717) is 6.54 Å². The smallest absolute Gasteiger partial charge is 0.246 e. The van der Waals surface area contributed by atoms with Crippen LogP contribution in [-0.2, 0) is 4.79 Å². The SMILES string of the molecule is Cl.NC1CCN(C(=O)/C=C/c2ccc(Br)cc2)C1. The topological polar surface area (TPSA) is 46.3 Å². The number of nitrogens with zero attached hydrogens (tertiary/aromatic N) is 1. The minimum absolute atomic E-state index is 0. The second-order valence-electron chi connectivity index (χ2n) is 4.22. The molecular formula is C13H16BrClN2O. The summed E-state index contributed by atoms with van der Waals surface area (Å²) >= 11 is 3.37. The van der Waals surface area contributed by atoms with Crippen molar-refractivity contribution in [2.45, 2.75) is 12.5 Å². The number of carbonyl (C=O) groups is 1. The highest BCUT2D eigenvalue weighted by atomic mass is 79.9. The number of hydrogen-bond acceptors (Lipinski definition) is 2. The molecule has 1 aliphatic heterocycles. The molecule has 1 atom stereocenters. The van der Waals surface area contributed by atoms with Crippen molar-refractivity contribution < 1.29 is 4.79 Å². The molecule has 0 spiro atoms. The molecule has 2 N–H and O–H groups in total. The van der Waals surface area contributed by atoms with E-state index in [1.165, 1.54) is 0 Å². The third-order valence-electron chi connectivity index (χ3n) is 2.82. The zero-order valence-corrected chi connectivity index (χ0v) is 12.3. The van der Waals surface area contributed by atoms with Crippen LogP contribution in [0.15, 0.2) is 34.8 Å². The summed E-state index contributed by atoms with van der Waals surface area (Å²) in [5, 5.41) is 0. The predicted octanol–water partition coefficient (Wildman–Crippen LogP) is 2.44. The second kappa shape index (κ2) is 6.92. The molecule has 0 aliphatic carbocycles. The number of benzene rings is 1. The number of rotatable bonds is 2. The van der Waals surface area contributed by atoms with Gasteiger partial charge >= 0.3 is 0 Å². The van der Waals surface area contributed by atoms with Gasteiger partial charge in [-0.15, -0.1) is 12.4 Å². The Morgan fingerprint density at radius 2 is 2.06 bits per heavy atom. The van der Waals surface area contributed by atoms with Gasteiger partial charge in [-0.3, -0.25) is 4.79 Å². The average Bonchev–Trinajstić information content (AvgIpc) is 2.75. The van der Waals surface area contributed by atoms with E-state index < -0.39 is 0 Å². The monoisotopic (exact) mass is 330 g/mol. The number of likely N-dealkylation sites (tertiary alicyclic amines) is 1. The molecule has 1 saturated heterocycles. The van der Waals surface area contributed by atoms with Crippen LogP contribution in [0.3, 0.4) is 0 Å². The molecule has 98 valence electrons. The lowest BCUT2D eigenvalue weighted by Gasteiger charge is -2.12. The van der Waals surface area contributed by atoms with E-state index in [4.69, 9.17) is 5.73 Å². The summed E-state index contributed by atoms with van der Waals surface area (Å²) in [5.41, 5.74) is 6.78. The Morgan fingerprint density at radius 3 is 2.61 bits per heavy atom. The van der Waals surface area contributed by atoms with Crippen LogP contribution in [0.1, 0.15) is 12.0 Å². The summed E-state index contributed by atoms with van der Waals surface area (Å²) in [4.78, 5) is 13.6. The van der Waals surface area contributed by atoms with Crippen LogP contribution < -0.4 is 5.73 Å². The number of halogens is 2. The van der Waals surface area contributed by atoms with Crippen molar-refractivity contribution in [2.24, 2.45) is 5.73 Å². The van der Waals surface area contributed by atoms with Crippen LogP contribution in [-0.4, -0.2) is 29.9 Å². The lowest BCUT2D eigenvalue weighted by molar-refractivity contribution is -0.124. The van der Waals surface area contributed by atoms with Crippen molar-refractivity contribution >= 4 is 40.3 Å². The maximum absolute atomic E-state index is 11.8. The first kappa shape index (κ1) is 15.2. The quantitative estimate of drug-likeness (QED) is 0.846. The largest absolute Gasteiger partial charge is 0.338 e. The maximum atomic E-state index is 11.8. The van der Waals surface area contributed by atoms with Gasteiger partial charge < -0.3 is 10.6 Å². The molecule has 0 aromatic heterocycles. The van der Waals surface area contributed by atoms with Gasteiger partial charge in [0.05, 0.1) is 0 Å². The van der Waals surface area contributed by atoms with Crippen molar-refractivity contribution in [2.75, 3.05) is 13.1 Å². The molecule has 0 saturated carbocycles. The molecule has 1 fully saturated rings. The van der Waals surface area contributed by atoms with Gasteiger partial charge in [0.15, 0.2) is 0 Å². The minimum atomic E-state index is 0. The molecule has 2 rings (SSSR count). The van der Waals surface area contributed by atoms with Gasteiger partial charge in [0.2, 0.25) is 5.91 Å². The second-order valence-corrected chi connectivity index (χ2v) is 5.13. The van der Waals surface area contributed by atoms with E-state index in [1.54, 1.807) is 11.0 Å². The fraction of sp³-hybridized carbons (Fsp3) is 0.308. The van der Waals surface area contributed by atoms with Crippen molar-refractivity contribution in [1.82, 2.24) is 4.90 Å². The summed E-state index contributed by atoms with van der Waals surface area (Å²) < 4.78 is 1.03. The van der Waals surface area contributed by atoms with Crippen LogP contribution in [0.4, 0.5) is 0 Å². The third-order valence-corrected chi connectivity index (χ3v) is 3.35. The van der Waals surface area contributed by atoms with Crippen molar-refractivity contribution in [3.05, 3.63) is 40.4 Å². The van der Waals surface area contributed by atoms with Crippen LogP contribution in [0.2, 0.25) is 0 Å². The number of carbonyl (C=O) groups excluding carboxylic acids is 1. The van der Waals surface area contributed by atoms with Gasteiger partial charge in [-0.1, -0.05) is 28.1 Å². The highest BCUT2D eigenvalue weighted by Gasteiger charge is 2.21. The van der Waals surface area contributed by atoms with Crippen LogP contribution in [0.5, 0.6) is 0 Å². The highest BCUT2D eigenvalue weighted by Crippen LogP contribution is 2.12. The summed E-state index contributed by atoms with van der Waals surface area (Å²) in [6.45, 7) is 1.44. The lowest BCUT2D eigenvalue weighted by atomic mass is 10.2. The first-order valence-corrected chi connectivity index (χ1v) is 6.42. The molecule has 3 nitrogen and oxygen atoms in total. The van der Waals surface area contributed by atoms with E-state index in [2.05, 4.69) is 15.9 Å². The summed E-state index contributed by atoms with van der Waals surface area (Å²) in [5.74, 6) is 0.0425. The Labute approximate surface area is 122 Å². The van der Waals surface area contributed by atoms with Crippen molar-refractivity contribution in [1.29, 1.82) is 0 Å². The Morgan fingerprint density at radius 1 is 1.39 bits per heavy atom. The van der Waals surface area contributed by atoms with E-state index in [-0.39, 0.29) is 24.4 Å². The summed E-state index contributed by atoms with van der Waals surface area (Å²) in [6, 6.07) is 7.97. The van der Waals surface area contributed by atoms with Crippen LogP contribution >= 0.6 is 28.3 Å². The summed E-state index contributed by atoms with van der Waals surface area (Å²) in [7, 11) is 0. The van der Waals surface area contributed by atoms with Gasteiger partial charge in [-0.05, 0) is 30.2 Å². The van der Waals surface area contributed by atoms with Crippen molar-refractivity contribution in [3.63, 3.8) is 0 Å². The average molecular weight is 332 g/mol. The molecule has 1 unspecified atom stereocenters. The Balaban J connectivity index is 0.00000162. The van der Waals surface area contributed by atoms with Crippen LogP contribution in [0, 0.1) is 0 Å². The molecule has 0 bridgehead atoms. The lowest BCUT2D eigenvalue weighted by Crippen LogP contribution is -2.30. The molecule has 1 amide bonds. The number of hydrogen-bond donors (Lipinski definition) is 1. The third kappa shape index (κ3) is 4.12. The summed E-state index contributed by atoms with van der Waals surface area (Å²) in [6.07, 6.45) is 4.34. The van der Waals surface area contributed by atoms with Gasteiger partial charge in [0, 0.05) is 29.7 Å². The molecule has 1 aromatic rings. The van der Waals surface area contributed by atoms with E-state index >= 15 is 0 Å². The van der Waals surface area contributed by atoms with Gasteiger partial charge in [0.1, 0.15) is 0 Å². The van der Waals surface area contributed by atoms with E-state index in [0.717, 1.165) is 23.0 Å². The molecule has 1 heterocycles.